The molecule has 1 aliphatic heterocycles. The summed E-state index contributed by atoms with van der Waals surface area (Å²) < 4.78 is 5.17. The highest BCUT2D eigenvalue weighted by Crippen LogP contribution is 2.01. The van der Waals surface area contributed by atoms with Crippen molar-refractivity contribution in [2.75, 3.05) is 32.8 Å². The topological polar surface area (TPSA) is 58.6 Å². The van der Waals surface area contributed by atoms with E-state index in [4.69, 9.17) is 4.74 Å². The third-order valence-corrected chi connectivity index (χ3v) is 3.25. The molecule has 1 saturated heterocycles. The van der Waals surface area contributed by atoms with E-state index < -0.39 is 0 Å². The van der Waals surface area contributed by atoms with Crippen LogP contribution in [0.25, 0.3) is 0 Å². The van der Waals surface area contributed by atoms with E-state index in [1.807, 2.05) is 30.3 Å². The third-order valence-electron chi connectivity index (χ3n) is 3.25. The fourth-order valence-corrected chi connectivity index (χ4v) is 2.12. The van der Waals surface area contributed by atoms with Gasteiger partial charge in [-0.3, -0.25) is 9.59 Å². The molecule has 0 saturated carbocycles. The molecular weight excluding hydrogens is 256 g/mol. The molecule has 2 amide bonds. The number of hydrogen-bond acceptors (Lipinski definition) is 3. The molecule has 20 heavy (non-hydrogen) atoms. The Bertz CT molecular complexity index is 442. The Balaban J connectivity index is 1.66. The summed E-state index contributed by atoms with van der Waals surface area (Å²) in [5.74, 6) is -0.331. The van der Waals surface area contributed by atoms with Crippen molar-refractivity contribution in [2.24, 2.45) is 0 Å². The predicted octanol–water partition coefficient (Wildman–Crippen LogP) is 0.594. The first-order valence-corrected chi connectivity index (χ1v) is 6.92. The normalized spacial score (nSPS) is 14.9. The Labute approximate surface area is 118 Å². The molecule has 5 nitrogen and oxygen atoms in total. The van der Waals surface area contributed by atoms with E-state index in [1.54, 1.807) is 4.90 Å². The summed E-state index contributed by atoms with van der Waals surface area (Å²) in [7, 11) is 0. The standard InChI is InChI=1S/C15H20N2O3/c18-14(12-15(19)17-8-10-20-11-9-17)16-7-6-13-4-2-1-3-5-13/h1-5H,6-12H2,(H,16,18). The van der Waals surface area contributed by atoms with E-state index in [0.717, 1.165) is 6.42 Å². The van der Waals surface area contributed by atoms with Crippen LogP contribution in [0.4, 0.5) is 0 Å². The molecule has 0 bridgehead atoms. The van der Waals surface area contributed by atoms with Crippen LogP contribution in [0.15, 0.2) is 30.3 Å². The zero-order valence-corrected chi connectivity index (χ0v) is 11.5. The third kappa shape index (κ3) is 4.66. The lowest BCUT2D eigenvalue weighted by Gasteiger charge is -2.26. The number of rotatable bonds is 5. The number of ether oxygens (including phenoxy) is 1. The van der Waals surface area contributed by atoms with Crippen LogP contribution in [-0.4, -0.2) is 49.6 Å². The molecule has 0 atom stereocenters. The Hall–Kier alpha value is -1.88. The van der Waals surface area contributed by atoms with Crippen LogP contribution in [0.1, 0.15) is 12.0 Å². The first kappa shape index (κ1) is 14.5. The molecule has 0 unspecified atom stereocenters. The Kier molecular flexibility index (Phi) is 5.55. The Morgan fingerprint density at radius 1 is 1.15 bits per heavy atom. The first-order chi connectivity index (χ1) is 9.75. The van der Waals surface area contributed by atoms with Crippen LogP contribution in [-0.2, 0) is 20.7 Å². The number of hydrogen-bond donors (Lipinski definition) is 1. The Morgan fingerprint density at radius 3 is 2.55 bits per heavy atom. The van der Waals surface area contributed by atoms with Gasteiger partial charge in [-0.05, 0) is 12.0 Å². The van der Waals surface area contributed by atoms with Crippen LogP contribution >= 0.6 is 0 Å². The summed E-state index contributed by atoms with van der Waals surface area (Å²) in [6, 6.07) is 9.94. The minimum atomic E-state index is -0.211. The molecule has 5 heteroatoms. The van der Waals surface area contributed by atoms with E-state index in [-0.39, 0.29) is 18.2 Å². The predicted molar refractivity (Wildman–Crippen MR) is 75.2 cm³/mol. The number of morpholine rings is 1. The summed E-state index contributed by atoms with van der Waals surface area (Å²) in [4.78, 5) is 25.2. The van der Waals surface area contributed by atoms with Gasteiger partial charge in [0.1, 0.15) is 6.42 Å². The number of carbonyl (C=O) groups excluding carboxylic acids is 2. The van der Waals surface area contributed by atoms with Crippen LogP contribution in [0.2, 0.25) is 0 Å². The van der Waals surface area contributed by atoms with E-state index in [2.05, 4.69) is 5.32 Å². The number of nitrogens with zero attached hydrogens (tertiary/aromatic N) is 1. The van der Waals surface area contributed by atoms with Crippen molar-refractivity contribution >= 4 is 11.8 Å². The van der Waals surface area contributed by atoms with Gasteiger partial charge in [0.15, 0.2) is 0 Å². The van der Waals surface area contributed by atoms with Gasteiger partial charge in [-0.1, -0.05) is 30.3 Å². The number of nitrogens with one attached hydrogen (secondary N) is 1. The maximum Gasteiger partial charge on any atom is 0.232 e. The largest absolute Gasteiger partial charge is 0.378 e. The molecule has 1 aromatic carbocycles. The van der Waals surface area contributed by atoms with Crippen molar-refractivity contribution in [2.45, 2.75) is 12.8 Å². The summed E-state index contributed by atoms with van der Waals surface area (Å²) in [6.07, 6.45) is 0.702. The first-order valence-electron chi connectivity index (χ1n) is 6.92. The van der Waals surface area contributed by atoms with Crippen molar-refractivity contribution < 1.29 is 14.3 Å². The van der Waals surface area contributed by atoms with Gasteiger partial charge in [-0.2, -0.15) is 0 Å². The maximum absolute atomic E-state index is 11.9. The molecule has 2 rings (SSSR count). The fraction of sp³-hybridized carbons (Fsp3) is 0.467. The van der Waals surface area contributed by atoms with Crippen molar-refractivity contribution in [1.82, 2.24) is 10.2 Å². The molecule has 1 aromatic rings. The zero-order chi connectivity index (χ0) is 14.2. The maximum atomic E-state index is 11.9. The van der Waals surface area contributed by atoms with Crippen molar-refractivity contribution in [1.29, 1.82) is 0 Å². The van der Waals surface area contributed by atoms with Crippen molar-refractivity contribution in [3.8, 4) is 0 Å². The molecule has 0 aromatic heterocycles. The summed E-state index contributed by atoms with van der Waals surface area (Å²) >= 11 is 0. The highest BCUT2D eigenvalue weighted by Gasteiger charge is 2.19. The smallest absolute Gasteiger partial charge is 0.232 e. The van der Waals surface area contributed by atoms with E-state index >= 15 is 0 Å². The molecule has 1 heterocycles. The fourth-order valence-electron chi connectivity index (χ4n) is 2.12. The lowest BCUT2D eigenvalue weighted by molar-refractivity contribution is -0.139. The van der Waals surface area contributed by atoms with Gasteiger partial charge in [0.25, 0.3) is 0 Å². The molecule has 0 spiro atoms. The molecule has 0 radical (unpaired) electrons. The zero-order valence-electron chi connectivity index (χ0n) is 11.5. The van der Waals surface area contributed by atoms with Gasteiger partial charge in [-0.15, -0.1) is 0 Å². The number of carbonyl (C=O) groups is 2. The minimum Gasteiger partial charge on any atom is -0.378 e. The van der Waals surface area contributed by atoms with Gasteiger partial charge in [0.2, 0.25) is 11.8 Å². The quantitative estimate of drug-likeness (QED) is 0.801. The van der Waals surface area contributed by atoms with E-state index in [9.17, 15) is 9.59 Å². The van der Waals surface area contributed by atoms with Crippen LogP contribution in [0.5, 0.6) is 0 Å². The van der Waals surface area contributed by atoms with E-state index in [0.29, 0.717) is 32.8 Å². The second kappa shape index (κ2) is 7.65. The molecule has 1 N–H and O–H groups in total. The molecular formula is C15H20N2O3. The second-order valence-corrected chi connectivity index (χ2v) is 4.76. The lowest BCUT2D eigenvalue weighted by atomic mass is 10.1. The van der Waals surface area contributed by atoms with Gasteiger partial charge in [0.05, 0.1) is 13.2 Å². The van der Waals surface area contributed by atoms with Gasteiger partial charge in [-0.25, -0.2) is 0 Å². The Morgan fingerprint density at radius 2 is 1.85 bits per heavy atom. The average molecular weight is 276 g/mol. The van der Waals surface area contributed by atoms with Gasteiger partial charge < -0.3 is 15.0 Å². The van der Waals surface area contributed by atoms with Gasteiger partial charge >= 0.3 is 0 Å². The van der Waals surface area contributed by atoms with Gasteiger partial charge in [0, 0.05) is 19.6 Å². The number of benzene rings is 1. The highest BCUT2D eigenvalue weighted by atomic mass is 16.5. The molecule has 108 valence electrons. The lowest BCUT2D eigenvalue weighted by Crippen LogP contribution is -2.42. The van der Waals surface area contributed by atoms with Crippen LogP contribution in [0.3, 0.4) is 0 Å². The van der Waals surface area contributed by atoms with E-state index in [1.165, 1.54) is 5.56 Å². The van der Waals surface area contributed by atoms with Crippen LogP contribution < -0.4 is 5.32 Å². The highest BCUT2D eigenvalue weighted by molar-refractivity contribution is 5.96. The summed E-state index contributed by atoms with van der Waals surface area (Å²) in [5, 5.41) is 2.78. The van der Waals surface area contributed by atoms with Crippen LogP contribution in [0, 0.1) is 0 Å². The minimum absolute atomic E-state index is 0.0746. The molecule has 0 aliphatic carbocycles. The summed E-state index contributed by atoms with van der Waals surface area (Å²) in [5.41, 5.74) is 1.17. The number of amides is 2. The SMILES string of the molecule is O=C(CC(=O)N1CCOCC1)NCCc1ccccc1. The second-order valence-electron chi connectivity index (χ2n) is 4.76. The molecule has 1 fully saturated rings. The monoisotopic (exact) mass is 276 g/mol. The molecule has 1 aliphatic rings. The van der Waals surface area contributed by atoms with Crippen molar-refractivity contribution in [3.05, 3.63) is 35.9 Å². The van der Waals surface area contributed by atoms with Crippen molar-refractivity contribution in [3.63, 3.8) is 0 Å². The summed E-state index contributed by atoms with van der Waals surface area (Å²) in [6.45, 7) is 2.83. The average Bonchev–Trinajstić information content (AvgIpc) is 2.49.